The van der Waals surface area contributed by atoms with Crippen LogP contribution < -0.4 is 20.6 Å². The van der Waals surface area contributed by atoms with Crippen LogP contribution in [-0.4, -0.2) is 6.85 Å². The van der Waals surface area contributed by atoms with Crippen LogP contribution in [0.5, 0.6) is 0 Å². The number of nitrogens with zero attached hydrogens (tertiary/aromatic N) is 2. The number of hydrogen-bond donors (Lipinski definition) is 0. The molecule has 330 valence electrons. The molecule has 0 bridgehead atoms. The van der Waals surface area contributed by atoms with Gasteiger partial charge in [0.05, 0.1) is 5.69 Å². The molecule has 0 N–H and O–H groups in total. The molecular weight excluding hydrogens is 812 g/mol. The van der Waals surface area contributed by atoms with Crippen molar-refractivity contribution in [1.29, 1.82) is 0 Å². The Morgan fingerprint density at radius 2 is 1.03 bits per heavy atom. The second kappa shape index (κ2) is 14.1. The molecule has 3 aliphatic rings. The van der Waals surface area contributed by atoms with E-state index in [1.165, 1.54) is 94.9 Å². The zero-order valence-corrected chi connectivity index (χ0v) is 40.9. The summed E-state index contributed by atoms with van der Waals surface area (Å²) in [5.74, 6) is 0. The average Bonchev–Trinajstić information content (AvgIpc) is 3.79. The van der Waals surface area contributed by atoms with Crippen molar-refractivity contribution in [2.75, 3.05) is 9.71 Å². The summed E-state index contributed by atoms with van der Waals surface area (Å²) >= 11 is 0. The number of anilines is 5. The molecular formula is C63H59BN2O. The molecule has 2 aliphatic heterocycles. The normalized spacial score (nSPS) is 14.8. The minimum Gasteiger partial charge on any atom is -0.455 e. The zero-order chi connectivity index (χ0) is 46.5. The van der Waals surface area contributed by atoms with Gasteiger partial charge in [0.1, 0.15) is 11.2 Å². The first-order valence-corrected chi connectivity index (χ1v) is 24.2. The molecule has 8 aromatic carbocycles. The first-order valence-electron chi connectivity index (χ1n) is 24.2. The van der Waals surface area contributed by atoms with Crippen LogP contribution in [0.2, 0.25) is 0 Å². The van der Waals surface area contributed by atoms with Gasteiger partial charge in [-0.1, -0.05) is 179 Å². The minimum absolute atomic E-state index is 0.0136. The molecule has 67 heavy (non-hydrogen) atoms. The number of rotatable bonds is 3. The van der Waals surface area contributed by atoms with E-state index in [0.29, 0.717) is 0 Å². The maximum atomic E-state index is 7.22. The topological polar surface area (TPSA) is 19.6 Å². The van der Waals surface area contributed by atoms with E-state index in [1.807, 2.05) is 0 Å². The van der Waals surface area contributed by atoms with Crippen molar-refractivity contribution in [2.24, 2.45) is 0 Å². The first-order chi connectivity index (χ1) is 31.9. The molecule has 3 heterocycles. The summed E-state index contributed by atoms with van der Waals surface area (Å²) in [6, 6.07) is 60.1. The third-order valence-electron chi connectivity index (χ3n) is 15.3. The van der Waals surface area contributed by atoms with Crippen molar-refractivity contribution in [3.8, 4) is 33.4 Å². The lowest BCUT2D eigenvalue weighted by Gasteiger charge is -2.47. The molecule has 4 heteroatoms. The predicted molar refractivity (Wildman–Crippen MR) is 287 cm³/mol. The minimum atomic E-state index is -0.201. The molecule has 1 aliphatic carbocycles. The van der Waals surface area contributed by atoms with Gasteiger partial charge in [0.15, 0.2) is 0 Å². The highest BCUT2D eigenvalue weighted by atomic mass is 16.3. The molecule has 0 amide bonds. The Kier molecular flexibility index (Phi) is 8.78. The van der Waals surface area contributed by atoms with Gasteiger partial charge in [-0.25, -0.2) is 0 Å². The van der Waals surface area contributed by atoms with Crippen LogP contribution in [0.25, 0.3) is 55.3 Å². The SMILES string of the molecule is CC(C)(C)c1ccc(N2B3c4c(ccc5c4-c4ccccc4C5(C)C)N(c4ccc(C(C)(C)C)cc4-c4ccccc4)c4cc5c(oc6ccccc65)c(c43)-c3cc(C(C)(C)C)ccc32)cc1. The predicted octanol–water partition coefficient (Wildman–Crippen LogP) is 16.2. The van der Waals surface area contributed by atoms with E-state index in [0.717, 1.165) is 27.6 Å². The summed E-state index contributed by atoms with van der Waals surface area (Å²) in [5.41, 5.74) is 24.2. The van der Waals surface area contributed by atoms with Crippen molar-refractivity contribution in [2.45, 2.75) is 97.8 Å². The maximum absolute atomic E-state index is 7.22. The van der Waals surface area contributed by atoms with Gasteiger partial charge in [0.25, 0.3) is 0 Å². The van der Waals surface area contributed by atoms with E-state index in [4.69, 9.17) is 4.42 Å². The Balaban J connectivity index is 1.29. The van der Waals surface area contributed by atoms with E-state index in [-0.39, 0.29) is 28.5 Å². The van der Waals surface area contributed by atoms with Crippen LogP contribution in [0.4, 0.5) is 28.4 Å². The standard InChI is InChI=1S/C63H59BN2O/c1-60(2,3)39-25-29-42(30-26-39)66-51-33-28-41(62(7,8)9)36-47(51)56-58-53(37-46-43-21-16-18-24-54(43)67-59(46)56)65(50-32-27-40(61(4,5)6)35-45(50)38-19-13-12-14-20-38)52-34-31-49-55(57(52)64(58)66)44-22-15-17-23-48(44)63(49,10)11/h12-37H,1-11H3. The Labute approximate surface area is 397 Å². The summed E-state index contributed by atoms with van der Waals surface area (Å²) in [7, 11) is 0. The number of furan rings is 1. The lowest BCUT2D eigenvalue weighted by atomic mass is 9.42. The lowest BCUT2D eigenvalue weighted by Crippen LogP contribution is -2.62. The quantitative estimate of drug-likeness (QED) is 0.165. The summed E-state index contributed by atoms with van der Waals surface area (Å²) < 4.78 is 7.22. The highest BCUT2D eigenvalue weighted by molar-refractivity contribution is 6.95. The molecule has 9 aromatic rings. The second-order valence-corrected chi connectivity index (χ2v) is 23.0. The number of para-hydroxylation sites is 1. The van der Waals surface area contributed by atoms with Crippen molar-refractivity contribution in [3.05, 3.63) is 186 Å². The number of benzene rings is 8. The van der Waals surface area contributed by atoms with Crippen LogP contribution in [0, 0.1) is 0 Å². The summed E-state index contributed by atoms with van der Waals surface area (Å²) in [6.45, 7) is 25.5. The summed E-state index contributed by atoms with van der Waals surface area (Å²) in [4.78, 5) is 5.31. The van der Waals surface area contributed by atoms with E-state index >= 15 is 0 Å². The summed E-state index contributed by atoms with van der Waals surface area (Å²) in [6.07, 6.45) is 0. The average molecular weight is 871 g/mol. The van der Waals surface area contributed by atoms with Crippen LogP contribution in [0.15, 0.2) is 162 Å². The third-order valence-corrected chi connectivity index (χ3v) is 15.3. The molecule has 0 unspecified atom stereocenters. The number of fused-ring (bicyclic) bond motifs is 12. The van der Waals surface area contributed by atoms with Crippen molar-refractivity contribution in [3.63, 3.8) is 0 Å². The largest absolute Gasteiger partial charge is 0.455 e. The highest BCUT2D eigenvalue weighted by Crippen LogP contribution is 2.56. The smallest absolute Gasteiger partial charge is 0.333 e. The Hall–Kier alpha value is -6.78. The Morgan fingerprint density at radius 3 is 1.73 bits per heavy atom. The van der Waals surface area contributed by atoms with E-state index < -0.39 is 0 Å². The van der Waals surface area contributed by atoms with Crippen LogP contribution >= 0.6 is 0 Å². The van der Waals surface area contributed by atoms with Gasteiger partial charge < -0.3 is 14.1 Å². The van der Waals surface area contributed by atoms with Crippen LogP contribution in [-0.2, 0) is 21.7 Å². The maximum Gasteiger partial charge on any atom is 0.333 e. The third kappa shape index (κ3) is 6.11. The first kappa shape index (κ1) is 41.6. The van der Waals surface area contributed by atoms with Gasteiger partial charge in [-0.05, 0) is 126 Å². The lowest BCUT2D eigenvalue weighted by molar-refractivity contribution is 0.590. The van der Waals surface area contributed by atoms with E-state index in [9.17, 15) is 0 Å². The second-order valence-electron chi connectivity index (χ2n) is 23.0. The Morgan fingerprint density at radius 1 is 0.448 bits per heavy atom. The van der Waals surface area contributed by atoms with Gasteiger partial charge in [-0.15, -0.1) is 0 Å². The van der Waals surface area contributed by atoms with Crippen molar-refractivity contribution >= 4 is 68.1 Å². The van der Waals surface area contributed by atoms with Crippen LogP contribution in [0.1, 0.15) is 104 Å². The molecule has 0 saturated heterocycles. The van der Waals surface area contributed by atoms with E-state index in [1.54, 1.807) is 0 Å². The van der Waals surface area contributed by atoms with Crippen LogP contribution in [0.3, 0.4) is 0 Å². The molecule has 0 saturated carbocycles. The molecule has 1 aromatic heterocycles. The fraction of sp³-hybridized carbons (Fsp3) is 0.238. The van der Waals surface area contributed by atoms with Gasteiger partial charge in [-0.2, -0.15) is 0 Å². The van der Waals surface area contributed by atoms with Crippen molar-refractivity contribution in [1.82, 2.24) is 0 Å². The Bertz CT molecular complexity index is 3500. The molecule has 0 radical (unpaired) electrons. The van der Waals surface area contributed by atoms with Gasteiger partial charge >= 0.3 is 6.85 Å². The molecule has 0 fully saturated rings. The molecule has 0 spiro atoms. The highest BCUT2D eigenvalue weighted by Gasteiger charge is 2.51. The fourth-order valence-electron chi connectivity index (χ4n) is 11.7. The van der Waals surface area contributed by atoms with E-state index in [2.05, 4.69) is 244 Å². The zero-order valence-electron chi connectivity index (χ0n) is 40.9. The number of hydrogen-bond acceptors (Lipinski definition) is 3. The molecule has 3 nitrogen and oxygen atoms in total. The molecule has 12 rings (SSSR count). The van der Waals surface area contributed by atoms with Gasteiger partial charge in [-0.3, -0.25) is 0 Å². The fourth-order valence-corrected chi connectivity index (χ4v) is 11.7. The monoisotopic (exact) mass is 870 g/mol. The van der Waals surface area contributed by atoms with Gasteiger partial charge in [0.2, 0.25) is 0 Å². The summed E-state index contributed by atoms with van der Waals surface area (Å²) in [5, 5.41) is 2.26. The van der Waals surface area contributed by atoms with Gasteiger partial charge in [0, 0.05) is 55.6 Å². The molecule has 0 atom stereocenters. The van der Waals surface area contributed by atoms with Crippen molar-refractivity contribution < 1.29 is 4.42 Å².